The first kappa shape index (κ1) is 36.5. The van der Waals surface area contributed by atoms with E-state index >= 15 is 4.39 Å². The Morgan fingerprint density at radius 1 is 0.896 bits per heavy atom. The molecule has 254 valence electrons. The predicted octanol–water partition coefficient (Wildman–Crippen LogP) is 6.70. The molecule has 0 saturated carbocycles. The molecule has 4 aromatic rings. The largest absolute Gasteiger partial charge is 0.492 e. The van der Waals surface area contributed by atoms with Crippen LogP contribution < -0.4 is 14.4 Å². The van der Waals surface area contributed by atoms with Crippen molar-refractivity contribution in [3.63, 3.8) is 0 Å². The molecule has 1 N–H and O–H groups in total. The Hall–Kier alpha value is -4.35. The fraction of sp³-hybridized carbons (Fsp3) is 0.297. The highest BCUT2D eigenvalue weighted by Gasteiger charge is 2.36. The Kier molecular flexibility index (Phi) is 13.0. The number of nitrogens with zero attached hydrogens (tertiary/aromatic N) is 2. The molecule has 0 aliphatic carbocycles. The normalized spacial score (nSPS) is 12.5. The van der Waals surface area contributed by atoms with Crippen LogP contribution in [-0.2, 0) is 32.6 Å². The zero-order chi connectivity index (χ0) is 34.7. The number of halogens is 1. The maximum atomic E-state index is 15.1. The first-order chi connectivity index (χ1) is 23.1. The molecule has 4 aromatic carbocycles. The number of hydrogen-bond donors (Lipinski definition) is 1. The quantitative estimate of drug-likeness (QED) is 0.132. The van der Waals surface area contributed by atoms with Crippen molar-refractivity contribution in [3.05, 3.63) is 120 Å². The van der Waals surface area contributed by atoms with Gasteiger partial charge in [-0.3, -0.25) is 13.9 Å². The molecule has 0 bridgehead atoms. The van der Waals surface area contributed by atoms with E-state index in [1.165, 1.54) is 34.9 Å². The molecule has 8 nitrogen and oxygen atoms in total. The van der Waals surface area contributed by atoms with Crippen LogP contribution in [0.15, 0.2) is 113 Å². The minimum absolute atomic E-state index is 0.0181. The number of sulfonamides is 1. The summed E-state index contributed by atoms with van der Waals surface area (Å²) < 4.78 is 50.7. The molecule has 0 fully saturated rings. The van der Waals surface area contributed by atoms with Gasteiger partial charge in [0.1, 0.15) is 24.2 Å². The fourth-order valence-corrected chi connectivity index (χ4v) is 6.97. The van der Waals surface area contributed by atoms with E-state index in [2.05, 4.69) is 5.32 Å². The van der Waals surface area contributed by atoms with Gasteiger partial charge in [-0.1, -0.05) is 67.6 Å². The van der Waals surface area contributed by atoms with Crippen LogP contribution in [0.5, 0.6) is 5.75 Å². The van der Waals surface area contributed by atoms with Crippen LogP contribution in [0.25, 0.3) is 0 Å². The topological polar surface area (TPSA) is 96.0 Å². The van der Waals surface area contributed by atoms with Gasteiger partial charge >= 0.3 is 0 Å². The van der Waals surface area contributed by atoms with Crippen LogP contribution in [0.1, 0.15) is 38.3 Å². The summed E-state index contributed by atoms with van der Waals surface area (Å²) in [7, 11) is -4.34. The van der Waals surface area contributed by atoms with Gasteiger partial charge in [0.15, 0.2) is 0 Å². The third-order valence-electron chi connectivity index (χ3n) is 7.93. The van der Waals surface area contributed by atoms with Crippen LogP contribution in [0.4, 0.5) is 10.1 Å². The summed E-state index contributed by atoms with van der Waals surface area (Å²) in [5.74, 6) is -1.38. The molecule has 0 aliphatic heterocycles. The summed E-state index contributed by atoms with van der Waals surface area (Å²) in [4.78, 5) is 30.8. The lowest BCUT2D eigenvalue weighted by molar-refractivity contribution is -0.140. The van der Waals surface area contributed by atoms with Crippen molar-refractivity contribution < 1.29 is 27.1 Å². The van der Waals surface area contributed by atoms with E-state index in [-0.39, 0.29) is 47.5 Å². The molecule has 48 heavy (non-hydrogen) atoms. The van der Waals surface area contributed by atoms with Gasteiger partial charge in [-0.05, 0) is 74.6 Å². The van der Waals surface area contributed by atoms with Crippen molar-refractivity contribution in [1.29, 1.82) is 0 Å². The molecular weight excluding hydrogens is 650 g/mol. The van der Waals surface area contributed by atoms with E-state index in [0.717, 1.165) is 14.8 Å². The molecule has 2 amide bonds. The van der Waals surface area contributed by atoms with Crippen LogP contribution in [0.3, 0.4) is 0 Å². The van der Waals surface area contributed by atoms with Gasteiger partial charge in [-0.25, -0.2) is 12.8 Å². The first-order valence-electron chi connectivity index (χ1n) is 15.8. The summed E-state index contributed by atoms with van der Waals surface area (Å²) in [5.41, 5.74) is 1.14. The second kappa shape index (κ2) is 17.2. The summed E-state index contributed by atoms with van der Waals surface area (Å²) in [6.07, 6.45) is 2.67. The van der Waals surface area contributed by atoms with Gasteiger partial charge in [0.05, 0.1) is 17.2 Å². The maximum absolute atomic E-state index is 15.1. The molecule has 2 atom stereocenters. The average Bonchev–Trinajstić information content (AvgIpc) is 3.10. The number of hydrogen-bond acceptors (Lipinski definition) is 6. The summed E-state index contributed by atoms with van der Waals surface area (Å²) in [6, 6.07) is 27.0. The van der Waals surface area contributed by atoms with Crippen molar-refractivity contribution in [2.75, 3.05) is 23.7 Å². The summed E-state index contributed by atoms with van der Waals surface area (Å²) in [5, 5.41) is 2.98. The van der Waals surface area contributed by atoms with Crippen molar-refractivity contribution >= 4 is 39.3 Å². The molecule has 0 heterocycles. The second-order valence-electron chi connectivity index (χ2n) is 11.2. The van der Waals surface area contributed by atoms with Gasteiger partial charge in [0.2, 0.25) is 11.8 Å². The number of thioether (sulfide) groups is 1. The zero-order valence-electron chi connectivity index (χ0n) is 27.6. The minimum Gasteiger partial charge on any atom is -0.492 e. The maximum Gasteiger partial charge on any atom is 0.264 e. The number of carbonyl (C=O) groups is 2. The Labute approximate surface area is 287 Å². The number of benzene rings is 4. The first-order valence-corrected chi connectivity index (χ1v) is 18.5. The highest BCUT2D eigenvalue weighted by atomic mass is 32.2. The van der Waals surface area contributed by atoms with Crippen LogP contribution in [0, 0.1) is 5.82 Å². The molecule has 0 spiro atoms. The average molecular weight is 692 g/mol. The molecule has 4 rings (SSSR count). The SMILES string of the molecule is CCOc1ccccc1N(CC(=O)N(Cc1ccccc1F)[C@@H](Cc1ccccc1)C(=O)N[C@H](C)CC)S(=O)(=O)c1ccc(SC)cc1. The second-order valence-corrected chi connectivity index (χ2v) is 14.0. The molecule has 0 aromatic heterocycles. The highest BCUT2D eigenvalue weighted by molar-refractivity contribution is 7.98. The number of ether oxygens (including phenoxy) is 1. The Balaban J connectivity index is 1.85. The summed E-state index contributed by atoms with van der Waals surface area (Å²) in [6.45, 7) is 4.90. The molecule has 0 aliphatic rings. The van der Waals surface area contributed by atoms with Gasteiger partial charge in [-0.15, -0.1) is 11.8 Å². The van der Waals surface area contributed by atoms with Crippen LogP contribution >= 0.6 is 11.8 Å². The van der Waals surface area contributed by atoms with E-state index in [1.807, 2.05) is 50.4 Å². The lowest BCUT2D eigenvalue weighted by Crippen LogP contribution is -2.54. The predicted molar refractivity (Wildman–Crippen MR) is 189 cm³/mol. The van der Waals surface area contributed by atoms with Gasteiger partial charge in [0.25, 0.3) is 10.0 Å². The number of para-hydroxylation sites is 2. The monoisotopic (exact) mass is 691 g/mol. The van der Waals surface area contributed by atoms with Crippen molar-refractivity contribution in [1.82, 2.24) is 10.2 Å². The zero-order valence-corrected chi connectivity index (χ0v) is 29.3. The molecule has 11 heteroatoms. The van der Waals surface area contributed by atoms with E-state index in [0.29, 0.717) is 6.42 Å². The van der Waals surface area contributed by atoms with E-state index in [9.17, 15) is 18.0 Å². The Morgan fingerprint density at radius 3 is 2.19 bits per heavy atom. The van der Waals surface area contributed by atoms with Gasteiger partial charge in [0, 0.05) is 29.5 Å². The Morgan fingerprint density at radius 2 is 1.54 bits per heavy atom. The van der Waals surface area contributed by atoms with Crippen molar-refractivity contribution in [2.45, 2.75) is 62.0 Å². The smallest absolute Gasteiger partial charge is 0.264 e. The van der Waals surface area contributed by atoms with Crippen molar-refractivity contribution in [3.8, 4) is 5.75 Å². The number of carbonyl (C=O) groups excluding carboxylic acids is 2. The number of rotatable bonds is 16. The lowest BCUT2D eigenvalue weighted by Gasteiger charge is -2.34. The molecule has 0 radical (unpaired) electrons. The molecular formula is C37H42FN3O5S2. The summed E-state index contributed by atoms with van der Waals surface area (Å²) >= 11 is 1.47. The number of nitrogens with one attached hydrogen (secondary N) is 1. The van der Waals surface area contributed by atoms with Gasteiger partial charge in [-0.2, -0.15) is 0 Å². The highest BCUT2D eigenvalue weighted by Crippen LogP contribution is 2.33. The van der Waals surface area contributed by atoms with Crippen LogP contribution in [-0.4, -0.2) is 56.6 Å². The van der Waals surface area contributed by atoms with E-state index < -0.39 is 40.2 Å². The van der Waals surface area contributed by atoms with Gasteiger partial charge < -0.3 is 15.0 Å². The third kappa shape index (κ3) is 9.17. The standard InChI is InChI=1S/C37H42FN3O5S2/c1-5-27(3)39-37(43)34(24-28-14-8-7-9-15-28)40(25-29-16-10-11-17-32(29)38)36(42)26-41(33-18-12-13-19-35(33)46-6-2)48(44,45)31-22-20-30(47-4)21-23-31/h7-23,27,34H,5-6,24-26H2,1-4H3,(H,39,43)/t27-,34+/m1/s1. The molecule has 0 unspecified atom stereocenters. The fourth-order valence-electron chi connectivity index (χ4n) is 5.13. The number of amides is 2. The van der Waals surface area contributed by atoms with Crippen LogP contribution in [0.2, 0.25) is 0 Å². The minimum atomic E-state index is -4.34. The third-order valence-corrected chi connectivity index (χ3v) is 10.4. The van der Waals surface area contributed by atoms with E-state index in [4.69, 9.17) is 4.74 Å². The lowest BCUT2D eigenvalue weighted by atomic mass is 10.0. The number of anilines is 1. The Bertz CT molecular complexity index is 1770. The van der Waals surface area contributed by atoms with E-state index in [1.54, 1.807) is 61.5 Å². The molecule has 0 saturated heterocycles. The van der Waals surface area contributed by atoms with Crippen molar-refractivity contribution in [2.24, 2.45) is 0 Å².